The Morgan fingerprint density at radius 1 is 1.47 bits per heavy atom. The zero-order valence-corrected chi connectivity index (χ0v) is 9.00. The van der Waals surface area contributed by atoms with Crippen LogP contribution in [0.5, 0.6) is 0 Å². The number of rotatable bonds is 6. The first-order valence-corrected chi connectivity index (χ1v) is 4.96. The third-order valence-electron chi connectivity index (χ3n) is 1.67. The van der Waals surface area contributed by atoms with Crippen LogP contribution in [0.1, 0.15) is 0 Å². The minimum Gasteiger partial charge on any atom is -0.396 e. The van der Waals surface area contributed by atoms with Crippen LogP contribution < -0.4 is 11.1 Å². The Bertz CT molecular complexity index is 309. The maximum Gasteiger partial charge on any atom is 0.151 e. The number of aromatic nitrogens is 1. The number of ether oxygens (including phenoxy) is 1. The molecule has 0 aliphatic heterocycles. The van der Waals surface area contributed by atoms with Crippen LogP contribution in [0.2, 0.25) is 5.15 Å². The number of nitrogens with two attached hydrogens (primary N) is 1. The molecule has 0 atom stereocenters. The number of pyridine rings is 1. The highest BCUT2D eigenvalue weighted by Gasteiger charge is 2.00. The molecule has 0 aliphatic rings. The average molecular weight is 232 g/mol. The molecule has 0 saturated heterocycles. The number of nitrogens with one attached hydrogen (secondary N) is 1. The van der Waals surface area contributed by atoms with Gasteiger partial charge in [-0.1, -0.05) is 11.6 Å². The Hall–Kier alpha value is -1.04. The highest BCUT2D eigenvalue weighted by Crippen LogP contribution is 2.17. The zero-order valence-electron chi connectivity index (χ0n) is 8.24. The van der Waals surface area contributed by atoms with E-state index < -0.39 is 0 Å². The van der Waals surface area contributed by atoms with Gasteiger partial charge in [-0.2, -0.15) is 0 Å². The molecule has 1 heterocycles. The average Bonchev–Trinajstić information content (AvgIpc) is 2.23. The van der Waals surface area contributed by atoms with E-state index in [-0.39, 0.29) is 6.61 Å². The van der Waals surface area contributed by atoms with E-state index >= 15 is 0 Å². The van der Waals surface area contributed by atoms with Crippen molar-refractivity contribution in [3.05, 3.63) is 17.3 Å². The molecule has 15 heavy (non-hydrogen) atoms. The minimum atomic E-state index is 0.0254. The molecule has 1 aromatic rings. The second kappa shape index (κ2) is 6.44. The summed E-state index contributed by atoms with van der Waals surface area (Å²) in [5, 5.41) is 11.8. The van der Waals surface area contributed by atoms with Crippen molar-refractivity contribution in [2.24, 2.45) is 0 Å². The lowest BCUT2D eigenvalue weighted by atomic mass is 10.4. The normalized spacial score (nSPS) is 10.3. The van der Waals surface area contributed by atoms with Gasteiger partial charge in [0.25, 0.3) is 0 Å². The Morgan fingerprint density at radius 3 is 3.00 bits per heavy atom. The SMILES string of the molecule is Nc1ccc(Cl)nc1NCCOCCO. The molecule has 84 valence electrons. The lowest BCUT2D eigenvalue weighted by Gasteiger charge is -2.08. The van der Waals surface area contributed by atoms with E-state index in [0.29, 0.717) is 36.4 Å². The number of nitrogen functional groups attached to an aromatic ring is 1. The molecule has 0 unspecified atom stereocenters. The zero-order chi connectivity index (χ0) is 11.1. The topological polar surface area (TPSA) is 80.4 Å². The third kappa shape index (κ3) is 4.33. The van der Waals surface area contributed by atoms with Gasteiger partial charge in [0.1, 0.15) is 5.15 Å². The highest BCUT2D eigenvalue weighted by molar-refractivity contribution is 6.29. The molecule has 0 spiro atoms. The largest absolute Gasteiger partial charge is 0.396 e. The van der Waals surface area contributed by atoms with Crippen LogP contribution in [0.25, 0.3) is 0 Å². The third-order valence-corrected chi connectivity index (χ3v) is 1.88. The fourth-order valence-electron chi connectivity index (χ4n) is 0.996. The number of halogens is 1. The summed E-state index contributed by atoms with van der Waals surface area (Å²) in [5.74, 6) is 0.551. The first-order chi connectivity index (χ1) is 7.24. The second-order valence-corrected chi connectivity index (χ2v) is 3.22. The Balaban J connectivity index is 2.33. The number of hydrogen-bond donors (Lipinski definition) is 3. The van der Waals surface area contributed by atoms with Crippen molar-refractivity contribution in [1.29, 1.82) is 0 Å². The number of nitrogens with zero attached hydrogens (tertiary/aromatic N) is 1. The summed E-state index contributed by atoms with van der Waals surface area (Å²) in [6.07, 6.45) is 0. The van der Waals surface area contributed by atoms with E-state index in [9.17, 15) is 0 Å². The van der Waals surface area contributed by atoms with Crippen molar-refractivity contribution in [3.63, 3.8) is 0 Å². The molecule has 0 aliphatic carbocycles. The maximum atomic E-state index is 8.47. The Labute approximate surface area is 93.2 Å². The predicted molar refractivity (Wildman–Crippen MR) is 60.1 cm³/mol. The molecule has 0 aromatic carbocycles. The van der Waals surface area contributed by atoms with Gasteiger partial charge in [0.2, 0.25) is 0 Å². The first kappa shape index (κ1) is 12.0. The second-order valence-electron chi connectivity index (χ2n) is 2.83. The maximum absolute atomic E-state index is 8.47. The van der Waals surface area contributed by atoms with Crippen molar-refractivity contribution in [2.75, 3.05) is 37.4 Å². The van der Waals surface area contributed by atoms with Crippen molar-refractivity contribution >= 4 is 23.1 Å². The predicted octanol–water partition coefficient (Wildman–Crippen LogP) is 0.738. The number of aliphatic hydroxyl groups excluding tert-OH is 1. The van der Waals surface area contributed by atoms with Gasteiger partial charge in [0, 0.05) is 6.54 Å². The Morgan fingerprint density at radius 2 is 2.27 bits per heavy atom. The van der Waals surface area contributed by atoms with Crippen molar-refractivity contribution < 1.29 is 9.84 Å². The fourth-order valence-corrected chi connectivity index (χ4v) is 1.14. The lowest BCUT2D eigenvalue weighted by Crippen LogP contribution is -2.13. The van der Waals surface area contributed by atoms with Gasteiger partial charge in [-0.25, -0.2) is 4.98 Å². The van der Waals surface area contributed by atoms with E-state index in [1.165, 1.54) is 0 Å². The summed E-state index contributed by atoms with van der Waals surface area (Å²) in [5.41, 5.74) is 6.21. The van der Waals surface area contributed by atoms with Gasteiger partial charge in [-0.15, -0.1) is 0 Å². The smallest absolute Gasteiger partial charge is 0.151 e. The molecule has 1 rings (SSSR count). The summed E-state index contributed by atoms with van der Waals surface area (Å²) in [7, 11) is 0. The van der Waals surface area contributed by atoms with Crippen molar-refractivity contribution in [3.8, 4) is 0 Å². The molecule has 6 heteroatoms. The summed E-state index contributed by atoms with van der Waals surface area (Å²) in [4.78, 5) is 4.01. The fraction of sp³-hybridized carbons (Fsp3) is 0.444. The van der Waals surface area contributed by atoms with Gasteiger partial charge in [0.05, 0.1) is 25.5 Å². The molecule has 1 aromatic heterocycles. The Kier molecular flexibility index (Phi) is 5.17. The van der Waals surface area contributed by atoms with E-state index in [4.69, 9.17) is 27.2 Å². The number of anilines is 2. The molecule has 4 N–H and O–H groups in total. The van der Waals surface area contributed by atoms with Crippen LogP contribution in [0, 0.1) is 0 Å². The van der Waals surface area contributed by atoms with E-state index in [2.05, 4.69) is 10.3 Å². The molecule has 0 saturated carbocycles. The van der Waals surface area contributed by atoms with Crippen LogP contribution in [-0.2, 0) is 4.74 Å². The summed E-state index contributed by atoms with van der Waals surface area (Å²) in [6.45, 7) is 1.41. The van der Waals surface area contributed by atoms with Crippen LogP contribution in [0.3, 0.4) is 0 Å². The van der Waals surface area contributed by atoms with Crippen LogP contribution in [0.4, 0.5) is 11.5 Å². The van der Waals surface area contributed by atoms with Crippen LogP contribution in [-0.4, -0.2) is 36.5 Å². The monoisotopic (exact) mass is 231 g/mol. The highest BCUT2D eigenvalue weighted by atomic mass is 35.5. The minimum absolute atomic E-state index is 0.0254. The molecule has 0 fully saturated rings. The van der Waals surface area contributed by atoms with Crippen LogP contribution >= 0.6 is 11.6 Å². The summed E-state index contributed by atoms with van der Waals surface area (Å²) < 4.78 is 5.06. The molecular weight excluding hydrogens is 218 g/mol. The van der Waals surface area contributed by atoms with E-state index in [0.717, 1.165) is 0 Å². The molecule has 5 nitrogen and oxygen atoms in total. The van der Waals surface area contributed by atoms with E-state index in [1.807, 2.05) is 0 Å². The molecular formula is C9H14ClN3O2. The van der Waals surface area contributed by atoms with Gasteiger partial charge >= 0.3 is 0 Å². The van der Waals surface area contributed by atoms with Gasteiger partial charge < -0.3 is 20.9 Å². The van der Waals surface area contributed by atoms with E-state index in [1.54, 1.807) is 12.1 Å². The summed E-state index contributed by atoms with van der Waals surface area (Å²) in [6, 6.07) is 3.32. The lowest BCUT2D eigenvalue weighted by molar-refractivity contribution is 0.0992. The standard InChI is InChI=1S/C9H14ClN3O2/c10-8-2-1-7(11)9(13-8)12-3-5-15-6-4-14/h1-2,14H,3-6,11H2,(H,12,13). The number of aliphatic hydroxyl groups is 1. The molecule has 0 radical (unpaired) electrons. The quantitative estimate of drug-likeness (QED) is 0.497. The van der Waals surface area contributed by atoms with Gasteiger partial charge in [-0.3, -0.25) is 0 Å². The summed E-state index contributed by atoms with van der Waals surface area (Å²) >= 11 is 5.71. The van der Waals surface area contributed by atoms with Crippen molar-refractivity contribution in [2.45, 2.75) is 0 Å². The number of hydrogen-bond acceptors (Lipinski definition) is 5. The van der Waals surface area contributed by atoms with Crippen LogP contribution in [0.15, 0.2) is 12.1 Å². The first-order valence-electron chi connectivity index (χ1n) is 4.58. The van der Waals surface area contributed by atoms with Crippen molar-refractivity contribution in [1.82, 2.24) is 4.98 Å². The van der Waals surface area contributed by atoms with Gasteiger partial charge in [-0.05, 0) is 12.1 Å². The molecule has 0 bridgehead atoms. The van der Waals surface area contributed by atoms with Gasteiger partial charge in [0.15, 0.2) is 5.82 Å². The molecule has 0 amide bonds.